The van der Waals surface area contributed by atoms with Crippen LogP contribution in [-0.2, 0) is 4.74 Å². The van der Waals surface area contributed by atoms with Gasteiger partial charge in [-0.05, 0) is 39.8 Å². The van der Waals surface area contributed by atoms with Crippen LogP contribution in [0.4, 0.5) is 14.9 Å². The van der Waals surface area contributed by atoms with Gasteiger partial charge in [0.2, 0.25) is 0 Å². The van der Waals surface area contributed by atoms with Gasteiger partial charge in [0.1, 0.15) is 11.1 Å². The van der Waals surface area contributed by atoms with Crippen LogP contribution in [0.5, 0.6) is 0 Å². The maximum absolute atomic E-state index is 14.1. The summed E-state index contributed by atoms with van der Waals surface area (Å²) in [6.45, 7) is 7.05. The van der Waals surface area contributed by atoms with Gasteiger partial charge in [-0.15, -0.1) is 11.3 Å². The van der Waals surface area contributed by atoms with Gasteiger partial charge in [0, 0.05) is 0 Å². The molecule has 1 amide bonds. The van der Waals surface area contributed by atoms with E-state index in [4.69, 9.17) is 4.74 Å². The zero-order chi connectivity index (χ0) is 14.2. The number of aryl methyl sites for hydroxylation is 1. The standard InChI is InChI=1S/C13H15FN2O2S/c1-7-15-11-9(19-7)6-5-8(10(11)14)16-12(17)18-13(2,3)4/h5-6H,1-4H3,(H,16,17). The van der Waals surface area contributed by atoms with Gasteiger partial charge in [-0.1, -0.05) is 0 Å². The van der Waals surface area contributed by atoms with Crippen molar-refractivity contribution in [2.24, 2.45) is 0 Å². The first-order chi connectivity index (χ1) is 8.76. The minimum absolute atomic E-state index is 0.0760. The number of ether oxygens (including phenoxy) is 1. The first kappa shape index (κ1) is 13.7. The summed E-state index contributed by atoms with van der Waals surface area (Å²) in [6.07, 6.45) is -0.683. The van der Waals surface area contributed by atoms with Crippen molar-refractivity contribution >= 4 is 33.3 Å². The SMILES string of the molecule is Cc1nc2c(F)c(NC(=O)OC(C)(C)C)ccc2s1. The normalized spacial score (nSPS) is 11.6. The molecule has 0 aliphatic rings. The molecule has 1 aromatic carbocycles. The van der Waals surface area contributed by atoms with Crippen molar-refractivity contribution in [3.63, 3.8) is 0 Å². The van der Waals surface area contributed by atoms with Gasteiger partial charge in [0.25, 0.3) is 0 Å². The second kappa shape index (κ2) is 4.77. The Morgan fingerprint density at radius 1 is 1.42 bits per heavy atom. The number of halogens is 1. The minimum atomic E-state index is -0.683. The molecule has 0 fully saturated rings. The van der Waals surface area contributed by atoms with Crippen LogP contribution in [0.3, 0.4) is 0 Å². The van der Waals surface area contributed by atoms with Crippen molar-refractivity contribution in [2.75, 3.05) is 5.32 Å². The molecule has 19 heavy (non-hydrogen) atoms. The molecule has 0 atom stereocenters. The highest BCUT2D eigenvalue weighted by atomic mass is 32.1. The number of hydrogen-bond donors (Lipinski definition) is 1. The number of amides is 1. The lowest BCUT2D eigenvalue weighted by molar-refractivity contribution is 0.0635. The van der Waals surface area contributed by atoms with Crippen molar-refractivity contribution in [2.45, 2.75) is 33.3 Å². The fourth-order valence-corrected chi connectivity index (χ4v) is 2.41. The molecule has 0 unspecified atom stereocenters. The van der Waals surface area contributed by atoms with Gasteiger partial charge in [-0.25, -0.2) is 14.2 Å². The summed E-state index contributed by atoms with van der Waals surface area (Å²) >= 11 is 1.41. The highest BCUT2D eigenvalue weighted by Gasteiger charge is 2.18. The van der Waals surface area contributed by atoms with Crippen molar-refractivity contribution in [1.29, 1.82) is 0 Å². The number of aromatic nitrogens is 1. The monoisotopic (exact) mass is 282 g/mol. The molecule has 0 aliphatic carbocycles. The fourth-order valence-electron chi connectivity index (χ4n) is 1.58. The number of hydrogen-bond acceptors (Lipinski definition) is 4. The number of nitrogens with zero attached hydrogens (tertiary/aromatic N) is 1. The van der Waals surface area contributed by atoms with Crippen LogP contribution in [0.15, 0.2) is 12.1 Å². The van der Waals surface area contributed by atoms with E-state index in [9.17, 15) is 9.18 Å². The Morgan fingerprint density at radius 2 is 2.11 bits per heavy atom. The molecule has 2 aromatic rings. The lowest BCUT2D eigenvalue weighted by atomic mass is 10.2. The Balaban J connectivity index is 2.26. The Hall–Kier alpha value is -1.69. The molecule has 0 saturated heterocycles. The number of anilines is 1. The highest BCUT2D eigenvalue weighted by molar-refractivity contribution is 7.18. The second-order valence-corrected chi connectivity index (χ2v) is 6.37. The van der Waals surface area contributed by atoms with E-state index in [1.54, 1.807) is 26.8 Å². The molecule has 0 spiro atoms. The quantitative estimate of drug-likeness (QED) is 0.857. The second-order valence-electron chi connectivity index (χ2n) is 5.13. The third-order valence-electron chi connectivity index (χ3n) is 2.24. The first-order valence-corrected chi connectivity index (χ1v) is 6.63. The van der Waals surface area contributed by atoms with Gasteiger partial charge in [0.15, 0.2) is 5.82 Å². The van der Waals surface area contributed by atoms with E-state index in [-0.39, 0.29) is 11.2 Å². The lowest BCUT2D eigenvalue weighted by Gasteiger charge is -2.19. The molecule has 0 aliphatic heterocycles. The van der Waals surface area contributed by atoms with Crippen molar-refractivity contribution in [3.05, 3.63) is 23.0 Å². The molecule has 1 N–H and O–H groups in total. The van der Waals surface area contributed by atoms with Crippen molar-refractivity contribution < 1.29 is 13.9 Å². The average Bonchev–Trinajstić information content (AvgIpc) is 2.61. The summed E-state index contributed by atoms with van der Waals surface area (Å²) in [5.41, 5.74) is -0.273. The largest absolute Gasteiger partial charge is 0.444 e. The van der Waals surface area contributed by atoms with Gasteiger partial charge in [-0.3, -0.25) is 5.32 Å². The Labute approximate surface area is 114 Å². The predicted molar refractivity (Wildman–Crippen MR) is 74.2 cm³/mol. The van der Waals surface area contributed by atoms with E-state index in [0.717, 1.165) is 9.71 Å². The molecule has 6 heteroatoms. The summed E-state index contributed by atoms with van der Waals surface area (Å²) < 4.78 is 20.0. The molecule has 0 radical (unpaired) electrons. The summed E-state index contributed by atoms with van der Waals surface area (Å²) in [5, 5.41) is 3.18. The summed E-state index contributed by atoms with van der Waals surface area (Å²) in [4.78, 5) is 15.7. The number of thiazole rings is 1. The Morgan fingerprint density at radius 3 is 2.74 bits per heavy atom. The zero-order valence-corrected chi connectivity index (χ0v) is 12.0. The third kappa shape index (κ3) is 3.20. The molecule has 2 rings (SSSR count). The van der Waals surface area contributed by atoms with Gasteiger partial charge < -0.3 is 4.74 Å². The van der Waals surface area contributed by atoms with Crippen LogP contribution in [-0.4, -0.2) is 16.7 Å². The van der Waals surface area contributed by atoms with E-state index in [1.165, 1.54) is 17.4 Å². The summed E-state index contributed by atoms with van der Waals surface area (Å²) in [6, 6.07) is 3.25. The summed E-state index contributed by atoms with van der Waals surface area (Å²) in [5.74, 6) is -0.535. The Kier molecular flexibility index (Phi) is 3.45. The maximum atomic E-state index is 14.1. The molecule has 1 heterocycles. The Bertz CT molecular complexity index is 631. The predicted octanol–water partition coefficient (Wildman–Crippen LogP) is 4.09. The van der Waals surface area contributed by atoms with Gasteiger partial charge >= 0.3 is 6.09 Å². The minimum Gasteiger partial charge on any atom is -0.444 e. The molecular formula is C13H15FN2O2S. The lowest BCUT2D eigenvalue weighted by Crippen LogP contribution is -2.27. The number of nitrogens with one attached hydrogen (secondary N) is 1. The maximum Gasteiger partial charge on any atom is 0.412 e. The smallest absolute Gasteiger partial charge is 0.412 e. The number of rotatable bonds is 1. The fraction of sp³-hybridized carbons (Fsp3) is 0.385. The summed E-state index contributed by atoms with van der Waals surface area (Å²) in [7, 11) is 0. The highest BCUT2D eigenvalue weighted by Crippen LogP contribution is 2.28. The van der Waals surface area contributed by atoms with Crippen molar-refractivity contribution in [1.82, 2.24) is 4.98 Å². The molecule has 1 aromatic heterocycles. The molecule has 102 valence electrons. The zero-order valence-electron chi connectivity index (χ0n) is 11.2. The van der Waals surface area contributed by atoms with Gasteiger partial charge in [-0.2, -0.15) is 0 Å². The first-order valence-electron chi connectivity index (χ1n) is 5.82. The number of benzene rings is 1. The van der Waals surface area contributed by atoms with Crippen LogP contribution in [0.25, 0.3) is 10.2 Å². The molecule has 4 nitrogen and oxygen atoms in total. The van der Waals surface area contributed by atoms with Gasteiger partial charge in [0.05, 0.1) is 15.4 Å². The van der Waals surface area contributed by atoms with E-state index in [1.807, 2.05) is 6.92 Å². The van der Waals surface area contributed by atoms with E-state index in [2.05, 4.69) is 10.3 Å². The van der Waals surface area contributed by atoms with Crippen LogP contribution >= 0.6 is 11.3 Å². The van der Waals surface area contributed by atoms with Crippen LogP contribution < -0.4 is 5.32 Å². The van der Waals surface area contributed by atoms with E-state index in [0.29, 0.717) is 0 Å². The van der Waals surface area contributed by atoms with Crippen LogP contribution in [0.2, 0.25) is 0 Å². The van der Waals surface area contributed by atoms with Crippen LogP contribution in [0.1, 0.15) is 25.8 Å². The third-order valence-corrected chi connectivity index (χ3v) is 3.18. The number of carbonyl (C=O) groups excluding carboxylic acids is 1. The molecule has 0 saturated carbocycles. The number of fused-ring (bicyclic) bond motifs is 1. The molecular weight excluding hydrogens is 267 g/mol. The molecule has 0 bridgehead atoms. The number of carbonyl (C=O) groups is 1. The van der Waals surface area contributed by atoms with Crippen molar-refractivity contribution in [3.8, 4) is 0 Å². The van der Waals surface area contributed by atoms with E-state index >= 15 is 0 Å². The average molecular weight is 282 g/mol. The topological polar surface area (TPSA) is 51.2 Å². The van der Waals surface area contributed by atoms with E-state index < -0.39 is 17.5 Å². The van der Waals surface area contributed by atoms with Crippen LogP contribution in [0, 0.1) is 12.7 Å².